The molecular weight excluding hydrogens is 366 g/mol. The van der Waals surface area contributed by atoms with E-state index >= 15 is 0 Å². The zero-order valence-corrected chi connectivity index (χ0v) is 16.7. The maximum Gasteiger partial charge on any atom is 0.227 e. The van der Waals surface area contributed by atoms with Crippen LogP contribution in [0.4, 0.5) is 5.69 Å². The summed E-state index contributed by atoms with van der Waals surface area (Å²) in [6.07, 6.45) is 0. The maximum atomic E-state index is 12.2. The minimum atomic E-state index is -0.113. The summed E-state index contributed by atoms with van der Waals surface area (Å²) in [6.45, 7) is 3.92. The van der Waals surface area contributed by atoms with Crippen LogP contribution in [0.3, 0.4) is 0 Å². The Labute approximate surface area is 170 Å². The fraction of sp³-hybridized carbons (Fsp3) is 0.167. The Hall–Kier alpha value is -3.60. The molecule has 0 aliphatic heterocycles. The van der Waals surface area contributed by atoms with Gasteiger partial charge in [0.15, 0.2) is 5.78 Å². The van der Waals surface area contributed by atoms with E-state index in [4.69, 9.17) is 14.2 Å². The molecule has 0 aliphatic rings. The average molecular weight is 389 g/mol. The van der Waals surface area contributed by atoms with Crippen LogP contribution >= 0.6 is 0 Å². The number of carbonyl (C=O) groups excluding carboxylic acids is 1. The first-order chi connectivity index (χ1) is 14.1. The van der Waals surface area contributed by atoms with Crippen LogP contribution in [-0.4, -0.2) is 25.4 Å². The minimum absolute atomic E-state index is 0.113. The van der Waals surface area contributed by atoms with Crippen LogP contribution in [0.2, 0.25) is 0 Å². The van der Waals surface area contributed by atoms with Crippen molar-refractivity contribution in [1.82, 2.24) is 0 Å². The number of Topliss-reactive ketones (excluding diaryl/α,β-unsaturated/α-hetero) is 1. The highest BCUT2D eigenvalue weighted by atomic mass is 16.5. The molecule has 5 heteroatoms. The third-order valence-corrected chi connectivity index (χ3v) is 4.17. The fourth-order valence-corrected chi connectivity index (χ4v) is 2.73. The lowest BCUT2D eigenvalue weighted by atomic mass is 10.1. The molecule has 0 amide bonds. The van der Waals surface area contributed by atoms with E-state index in [1.54, 1.807) is 25.3 Å². The number of rotatable bonds is 7. The topological polar surface area (TPSA) is 57.1 Å². The first-order valence-corrected chi connectivity index (χ1v) is 9.34. The van der Waals surface area contributed by atoms with Crippen LogP contribution in [-0.2, 0) is 0 Å². The summed E-state index contributed by atoms with van der Waals surface area (Å²) in [7, 11) is 1.62. The lowest BCUT2D eigenvalue weighted by Crippen LogP contribution is -2.12. The molecule has 3 rings (SSSR count). The second-order valence-electron chi connectivity index (χ2n) is 6.23. The van der Waals surface area contributed by atoms with E-state index in [-0.39, 0.29) is 5.78 Å². The zero-order valence-electron chi connectivity index (χ0n) is 16.7. The molecule has 0 bridgehead atoms. The van der Waals surface area contributed by atoms with Gasteiger partial charge >= 0.3 is 0 Å². The molecule has 0 atom stereocenters. The summed E-state index contributed by atoms with van der Waals surface area (Å²) >= 11 is 0. The summed E-state index contributed by atoms with van der Waals surface area (Å²) in [6, 6.07) is 22.1. The Kier molecular flexibility index (Phi) is 6.63. The number of ether oxygens (including phenoxy) is 3. The molecular formula is C24H23NO4. The van der Waals surface area contributed by atoms with E-state index in [0.717, 1.165) is 11.3 Å². The largest absolute Gasteiger partial charge is 0.497 e. The van der Waals surface area contributed by atoms with Crippen molar-refractivity contribution in [2.24, 2.45) is 4.99 Å². The Morgan fingerprint density at radius 1 is 0.931 bits per heavy atom. The average Bonchev–Trinajstić information content (AvgIpc) is 2.75. The summed E-state index contributed by atoms with van der Waals surface area (Å²) < 4.78 is 16.8. The molecule has 0 radical (unpaired) electrons. The van der Waals surface area contributed by atoms with Gasteiger partial charge in [-0.3, -0.25) is 4.79 Å². The van der Waals surface area contributed by atoms with Gasteiger partial charge in [0.25, 0.3) is 0 Å². The summed E-state index contributed by atoms with van der Waals surface area (Å²) in [5.74, 6) is 2.08. The predicted octanol–water partition coefficient (Wildman–Crippen LogP) is 5.45. The van der Waals surface area contributed by atoms with Gasteiger partial charge in [-0.05, 0) is 68.4 Å². The van der Waals surface area contributed by atoms with Crippen molar-refractivity contribution >= 4 is 17.4 Å². The number of benzene rings is 3. The molecule has 3 aromatic carbocycles. The second-order valence-corrected chi connectivity index (χ2v) is 6.23. The SMILES string of the molecule is CCOc1ccc(OC(=Nc2ccc(OC)cc2)c2ccccc2)c(C(C)=O)c1. The van der Waals surface area contributed by atoms with Gasteiger partial charge in [0.2, 0.25) is 5.90 Å². The predicted molar refractivity (Wildman–Crippen MR) is 114 cm³/mol. The van der Waals surface area contributed by atoms with Gasteiger partial charge in [0, 0.05) is 5.56 Å². The standard InChI is InChI=1S/C24H23NO4/c1-4-28-21-14-15-23(22(16-21)17(2)26)29-24(18-8-6-5-7-9-18)25-19-10-12-20(27-3)13-11-19/h5-16H,4H2,1-3H3. The maximum absolute atomic E-state index is 12.2. The third kappa shape index (κ3) is 5.23. The first kappa shape index (κ1) is 20.1. The Bertz CT molecular complexity index is 995. The number of hydrogen-bond acceptors (Lipinski definition) is 5. The molecule has 5 nitrogen and oxygen atoms in total. The van der Waals surface area contributed by atoms with E-state index < -0.39 is 0 Å². The highest BCUT2D eigenvalue weighted by molar-refractivity contribution is 6.01. The monoisotopic (exact) mass is 389 g/mol. The molecule has 0 unspecified atom stereocenters. The van der Waals surface area contributed by atoms with Gasteiger partial charge in [-0.2, -0.15) is 0 Å². The lowest BCUT2D eigenvalue weighted by molar-refractivity contribution is 0.101. The fourth-order valence-electron chi connectivity index (χ4n) is 2.73. The van der Waals surface area contributed by atoms with E-state index in [1.807, 2.05) is 61.5 Å². The number of carbonyl (C=O) groups is 1. The molecule has 0 aromatic heterocycles. The van der Waals surface area contributed by atoms with Crippen LogP contribution in [0.1, 0.15) is 29.8 Å². The Morgan fingerprint density at radius 2 is 1.62 bits per heavy atom. The molecule has 0 spiro atoms. The van der Waals surface area contributed by atoms with E-state index in [0.29, 0.717) is 35.3 Å². The Morgan fingerprint density at radius 3 is 2.24 bits per heavy atom. The van der Waals surface area contributed by atoms with Gasteiger partial charge < -0.3 is 14.2 Å². The molecule has 0 saturated carbocycles. The quantitative estimate of drug-likeness (QED) is 0.306. The zero-order chi connectivity index (χ0) is 20.6. The second kappa shape index (κ2) is 9.55. The third-order valence-electron chi connectivity index (χ3n) is 4.17. The normalized spacial score (nSPS) is 11.1. The van der Waals surface area contributed by atoms with Gasteiger partial charge in [-0.1, -0.05) is 18.2 Å². The Balaban J connectivity index is 2.01. The molecule has 3 aromatic rings. The first-order valence-electron chi connectivity index (χ1n) is 9.34. The van der Waals surface area contributed by atoms with Crippen LogP contribution in [0, 0.1) is 0 Å². The summed E-state index contributed by atoms with van der Waals surface area (Å²) in [4.78, 5) is 16.8. The van der Waals surface area contributed by atoms with Crippen molar-refractivity contribution in [3.8, 4) is 17.2 Å². The van der Waals surface area contributed by atoms with Gasteiger partial charge in [-0.25, -0.2) is 4.99 Å². The number of methoxy groups -OCH3 is 1. The highest BCUT2D eigenvalue weighted by Crippen LogP contribution is 2.27. The van der Waals surface area contributed by atoms with Crippen LogP contribution < -0.4 is 14.2 Å². The number of nitrogens with zero attached hydrogens (tertiary/aromatic N) is 1. The van der Waals surface area contributed by atoms with E-state index in [2.05, 4.69) is 4.99 Å². The van der Waals surface area contributed by atoms with Crippen molar-refractivity contribution in [1.29, 1.82) is 0 Å². The van der Waals surface area contributed by atoms with Crippen molar-refractivity contribution in [3.63, 3.8) is 0 Å². The molecule has 0 saturated heterocycles. The van der Waals surface area contributed by atoms with Crippen molar-refractivity contribution in [2.75, 3.05) is 13.7 Å². The molecule has 0 aliphatic carbocycles. The van der Waals surface area contributed by atoms with Crippen LogP contribution in [0.15, 0.2) is 77.8 Å². The lowest BCUT2D eigenvalue weighted by Gasteiger charge is -2.14. The number of ketones is 1. The summed E-state index contributed by atoms with van der Waals surface area (Å²) in [5.41, 5.74) is 1.95. The number of hydrogen-bond donors (Lipinski definition) is 0. The van der Waals surface area contributed by atoms with Crippen molar-refractivity contribution in [3.05, 3.63) is 83.9 Å². The molecule has 0 fully saturated rings. The van der Waals surface area contributed by atoms with Crippen LogP contribution in [0.25, 0.3) is 0 Å². The van der Waals surface area contributed by atoms with E-state index in [9.17, 15) is 4.79 Å². The highest BCUT2D eigenvalue weighted by Gasteiger charge is 2.15. The van der Waals surface area contributed by atoms with Gasteiger partial charge in [0.1, 0.15) is 17.2 Å². The van der Waals surface area contributed by atoms with Crippen molar-refractivity contribution < 1.29 is 19.0 Å². The van der Waals surface area contributed by atoms with Crippen LogP contribution in [0.5, 0.6) is 17.2 Å². The molecule has 0 N–H and O–H groups in total. The van der Waals surface area contributed by atoms with Gasteiger partial charge in [-0.15, -0.1) is 0 Å². The van der Waals surface area contributed by atoms with Crippen molar-refractivity contribution in [2.45, 2.75) is 13.8 Å². The minimum Gasteiger partial charge on any atom is -0.497 e. The van der Waals surface area contributed by atoms with Gasteiger partial charge in [0.05, 0.1) is 25.0 Å². The molecule has 29 heavy (non-hydrogen) atoms. The number of aliphatic imine (C=N–C) groups is 1. The molecule has 0 heterocycles. The molecule has 148 valence electrons. The van der Waals surface area contributed by atoms with E-state index in [1.165, 1.54) is 6.92 Å². The smallest absolute Gasteiger partial charge is 0.227 e. The summed E-state index contributed by atoms with van der Waals surface area (Å²) in [5, 5.41) is 0.